The minimum absolute atomic E-state index is 0.0392. The molecule has 0 bridgehead atoms. The molecular weight excluding hydrogens is 314 g/mol. The topological polar surface area (TPSA) is 52.7 Å². The Bertz CT molecular complexity index is 542. The van der Waals surface area contributed by atoms with Crippen molar-refractivity contribution in [1.82, 2.24) is 15.1 Å². The molecule has 1 N–H and O–H groups in total. The van der Waals surface area contributed by atoms with Crippen LogP contribution in [-0.2, 0) is 4.79 Å². The fourth-order valence-electron chi connectivity index (χ4n) is 2.58. The number of nitrogens with one attached hydrogen (secondary N) is 1. The molecule has 0 spiro atoms. The van der Waals surface area contributed by atoms with Crippen molar-refractivity contribution in [2.45, 2.75) is 19.8 Å². The standard InChI is InChI=1S/C17H24ClN3O2/c1-2-3-8-19-16(22)13-20-9-11-21(12-10-20)17(23)14-6-4-5-7-15(14)18/h4-7H,2-3,8-13H2,1H3,(H,19,22). The van der Waals surface area contributed by atoms with Crippen molar-refractivity contribution in [2.75, 3.05) is 39.3 Å². The quantitative estimate of drug-likeness (QED) is 0.808. The second-order valence-electron chi connectivity index (χ2n) is 5.75. The number of amides is 2. The van der Waals surface area contributed by atoms with E-state index in [9.17, 15) is 9.59 Å². The Morgan fingerprint density at radius 2 is 1.87 bits per heavy atom. The van der Waals surface area contributed by atoms with Gasteiger partial charge in [-0.3, -0.25) is 14.5 Å². The molecule has 0 aromatic heterocycles. The second-order valence-corrected chi connectivity index (χ2v) is 6.16. The first-order valence-corrected chi connectivity index (χ1v) is 8.52. The molecule has 1 saturated heterocycles. The third-order valence-electron chi connectivity index (χ3n) is 3.98. The first-order valence-electron chi connectivity index (χ1n) is 8.14. The van der Waals surface area contributed by atoms with Gasteiger partial charge in [0.25, 0.3) is 5.91 Å². The number of hydrogen-bond acceptors (Lipinski definition) is 3. The molecule has 1 fully saturated rings. The molecule has 0 atom stereocenters. The number of halogens is 1. The maximum atomic E-state index is 12.5. The van der Waals surface area contributed by atoms with Gasteiger partial charge in [0.1, 0.15) is 0 Å². The van der Waals surface area contributed by atoms with Gasteiger partial charge in [0.2, 0.25) is 5.91 Å². The molecule has 5 nitrogen and oxygen atoms in total. The number of carbonyl (C=O) groups is 2. The van der Waals surface area contributed by atoms with Gasteiger partial charge in [0.15, 0.2) is 0 Å². The van der Waals surface area contributed by atoms with Crippen molar-refractivity contribution in [1.29, 1.82) is 0 Å². The van der Waals surface area contributed by atoms with Crippen LogP contribution in [0.25, 0.3) is 0 Å². The van der Waals surface area contributed by atoms with Crippen molar-refractivity contribution in [3.8, 4) is 0 Å². The maximum absolute atomic E-state index is 12.5. The van der Waals surface area contributed by atoms with E-state index in [4.69, 9.17) is 11.6 Å². The van der Waals surface area contributed by atoms with Gasteiger partial charge in [-0.05, 0) is 18.6 Å². The van der Waals surface area contributed by atoms with Crippen LogP contribution < -0.4 is 5.32 Å². The van der Waals surface area contributed by atoms with E-state index in [2.05, 4.69) is 17.1 Å². The molecule has 0 unspecified atom stereocenters. The van der Waals surface area contributed by atoms with Crippen LogP contribution in [0.5, 0.6) is 0 Å². The van der Waals surface area contributed by atoms with Crippen molar-refractivity contribution in [2.24, 2.45) is 0 Å². The summed E-state index contributed by atoms with van der Waals surface area (Å²) in [5.74, 6) is 0.0203. The van der Waals surface area contributed by atoms with Gasteiger partial charge < -0.3 is 10.2 Å². The Labute approximate surface area is 142 Å². The number of unbranched alkanes of at least 4 members (excludes halogenated alkanes) is 1. The van der Waals surface area contributed by atoms with E-state index in [1.807, 2.05) is 12.1 Å². The van der Waals surface area contributed by atoms with Crippen LogP contribution in [0.2, 0.25) is 5.02 Å². The van der Waals surface area contributed by atoms with E-state index in [0.717, 1.165) is 19.4 Å². The van der Waals surface area contributed by atoms with E-state index in [1.165, 1.54) is 0 Å². The Morgan fingerprint density at radius 1 is 1.17 bits per heavy atom. The molecule has 126 valence electrons. The summed E-state index contributed by atoms with van der Waals surface area (Å²) in [5, 5.41) is 3.40. The molecular formula is C17H24ClN3O2. The van der Waals surface area contributed by atoms with E-state index >= 15 is 0 Å². The summed E-state index contributed by atoms with van der Waals surface area (Å²) >= 11 is 6.09. The van der Waals surface area contributed by atoms with Crippen LogP contribution in [0.1, 0.15) is 30.1 Å². The zero-order valence-electron chi connectivity index (χ0n) is 13.6. The molecule has 1 heterocycles. The maximum Gasteiger partial charge on any atom is 0.255 e. The predicted octanol–water partition coefficient (Wildman–Crippen LogP) is 2.01. The zero-order chi connectivity index (χ0) is 16.7. The average molecular weight is 338 g/mol. The Hall–Kier alpha value is -1.59. The van der Waals surface area contributed by atoms with Gasteiger partial charge in [-0.1, -0.05) is 37.1 Å². The summed E-state index contributed by atoms with van der Waals surface area (Å²) in [7, 11) is 0. The lowest BCUT2D eigenvalue weighted by atomic mass is 10.2. The van der Waals surface area contributed by atoms with Gasteiger partial charge in [0, 0.05) is 32.7 Å². The summed E-state index contributed by atoms with van der Waals surface area (Å²) < 4.78 is 0. The number of nitrogens with zero attached hydrogens (tertiary/aromatic N) is 2. The molecule has 1 aliphatic heterocycles. The molecule has 0 radical (unpaired) electrons. The number of hydrogen-bond donors (Lipinski definition) is 1. The van der Waals surface area contributed by atoms with Gasteiger partial charge >= 0.3 is 0 Å². The fourth-order valence-corrected chi connectivity index (χ4v) is 2.79. The highest BCUT2D eigenvalue weighted by atomic mass is 35.5. The molecule has 23 heavy (non-hydrogen) atoms. The summed E-state index contributed by atoms with van der Waals surface area (Å²) in [6.07, 6.45) is 2.08. The largest absolute Gasteiger partial charge is 0.355 e. The van der Waals surface area contributed by atoms with Crippen molar-refractivity contribution < 1.29 is 9.59 Å². The Kier molecular flexibility index (Phi) is 6.86. The van der Waals surface area contributed by atoms with Crippen LogP contribution in [0.15, 0.2) is 24.3 Å². The molecule has 0 saturated carbocycles. The molecule has 1 aromatic carbocycles. The molecule has 2 amide bonds. The fraction of sp³-hybridized carbons (Fsp3) is 0.529. The Morgan fingerprint density at radius 3 is 2.52 bits per heavy atom. The van der Waals surface area contributed by atoms with E-state index in [-0.39, 0.29) is 11.8 Å². The summed E-state index contributed by atoms with van der Waals surface area (Å²) in [4.78, 5) is 28.2. The minimum atomic E-state index is -0.0392. The summed E-state index contributed by atoms with van der Waals surface area (Å²) in [6, 6.07) is 7.11. The third-order valence-corrected chi connectivity index (χ3v) is 4.31. The van der Waals surface area contributed by atoms with Crippen LogP contribution in [0, 0.1) is 0 Å². The first kappa shape index (κ1) is 17.8. The monoisotopic (exact) mass is 337 g/mol. The summed E-state index contributed by atoms with van der Waals surface area (Å²) in [6.45, 7) is 5.88. The normalized spacial score (nSPS) is 15.5. The van der Waals surface area contributed by atoms with Gasteiger partial charge in [-0.2, -0.15) is 0 Å². The number of benzene rings is 1. The number of rotatable bonds is 6. The predicted molar refractivity (Wildman–Crippen MR) is 91.7 cm³/mol. The molecule has 0 aliphatic carbocycles. The van der Waals surface area contributed by atoms with E-state index in [0.29, 0.717) is 43.3 Å². The van der Waals surface area contributed by atoms with Crippen molar-refractivity contribution >= 4 is 23.4 Å². The Balaban J connectivity index is 1.79. The molecule has 1 aromatic rings. The van der Waals surface area contributed by atoms with Gasteiger partial charge in [0.05, 0.1) is 17.1 Å². The lowest BCUT2D eigenvalue weighted by Crippen LogP contribution is -2.51. The van der Waals surface area contributed by atoms with Gasteiger partial charge in [-0.25, -0.2) is 0 Å². The zero-order valence-corrected chi connectivity index (χ0v) is 14.3. The third kappa shape index (κ3) is 5.22. The van der Waals surface area contributed by atoms with Crippen molar-refractivity contribution in [3.05, 3.63) is 34.9 Å². The van der Waals surface area contributed by atoms with Crippen molar-refractivity contribution in [3.63, 3.8) is 0 Å². The smallest absolute Gasteiger partial charge is 0.255 e. The first-order chi connectivity index (χ1) is 11.1. The minimum Gasteiger partial charge on any atom is -0.355 e. The molecule has 1 aliphatic rings. The highest BCUT2D eigenvalue weighted by Gasteiger charge is 2.24. The summed E-state index contributed by atoms with van der Waals surface area (Å²) in [5.41, 5.74) is 0.542. The van der Waals surface area contributed by atoms with E-state index in [1.54, 1.807) is 17.0 Å². The van der Waals surface area contributed by atoms with Crippen LogP contribution in [-0.4, -0.2) is 60.9 Å². The average Bonchev–Trinajstić information content (AvgIpc) is 2.56. The van der Waals surface area contributed by atoms with E-state index < -0.39 is 0 Å². The second kappa shape index (κ2) is 8.89. The van der Waals surface area contributed by atoms with Gasteiger partial charge in [-0.15, -0.1) is 0 Å². The SMILES string of the molecule is CCCCNC(=O)CN1CCN(C(=O)c2ccccc2Cl)CC1. The highest BCUT2D eigenvalue weighted by molar-refractivity contribution is 6.33. The lowest BCUT2D eigenvalue weighted by molar-refractivity contribution is -0.122. The number of piperazine rings is 1. The van der Waals surface area contributed by atoms with Crippen LogP contribution in [0.4, 0.5) is 0 Å². The molecule has 2 rings (SSSR count). The highest BCUT2D eigenvalue weighted by Crippen LogP contribution is 2.18. The van der Waals surface area contributed by atoms with Crippen LogP contribution >= 0.6 is 11.6 Å². The van der Waals surface area contributed by atoms with Crippen LogP contribution in [0.3, 0.4) is 0 Å². The number of carbonyl (C=O) groups excluding carboxylic acids is 2. The molecule has 6 heteroatoms. The lowest BCUT2D eigenvalue weighted by Gasteiger charge is -2.34.